The second kappa shape index (κ2) is 16.5. The van der Waals surface area contributed by atoms with E-state index in [4.69, 9.17) is 9.47 Å². The van der Waals surface area contributed by atoms with Crippen LogP contribution >= 0.6 is 0 Å². The Hall–Kier alpha value is -6.82. The highest BCUT2D eigenvalue weighted by atomic mass is 19.2. The third-order valence-corrected chi connectivity index (χ3v) is 9.90. The fourth-order valence-corrected chi connectivity index (χ4v) is 7.21. The number of carbonyl (C=O) groups excluding carboxylic acids is 3. The molecule has 1 unspecified atom stereocenters. The summed E-state index contributed by atoms with van der Waals surface area (Å²) in [7, 11) is 0. The summed E-state index contributed by atoms with van der Waals surface area (Å²) in [5.74, 6) is -16.4. The minimum Gasteiger partial charge on any atom is -0.449 e. The van der Waals surface area contributed by atoms with E-state index in [1.54, 1.807) is 0 Å². The molecule has 6 aromatic rings. The largest absolute Gasteiger partial charge is 0.449 e. The molecule has 7 rings (SSSR count). The van der Waals surface area contributed by atoms with E-state index in [0.29, 0.717) is 16.7 Å². The zero-order chi connectivity index (χ0) is 40.1. The lowest BCUT2D eigenvalue weighted by Crippen LogP contribution is -2.49. The molecule has 1 atom stereocenters. The normalized spacial score (nSPS) is 12.6. The molecular weight excluding hydrogens is 743 g/mol. The van der Waals surface area contributed by atoms with Gasteiger partial charge in [0.15, 0.2) is 0 Å². The molecule has 0 bridgehead atoms. The Kier molecular flexibility index (Phi) is 11.1. The van der Waals surface area contributed by atoms with Gasteiger partial charge >= 0.3 is 12.1 Å². The maximum atomic E-state index is 14.6. The molecule has 0 radical (unpaired) electrons. The van der Waals surface area contributed by atoms with Gasteiger partial charge in [-0.2, -0.15) is 8.78 Å². The Bertz CT molecular complexity index is 2260. The molecule has 2 N–H and O–H groups in total. The molecule has 0 saturated carbocycles. The van der Waals surface area contributed by atoms with Crippen LogP contribution in [0.2, 0.25) is 0 Å². The molecule has 1 aliphatic carbocycles. The van der Waals surface area contributed by atoms with E-state index in [1.807, 2.05) is 140 Å². The van der Waals surface area contributed by atoms with Crippen molar-refractivity contribution in [3.8, 4) is 16.9 Å². The van der Waals surface area contributed by atoms with E-state index in [9.17, 15) is 36.3 Å². The lowest BCUT2D eigenvalue weighted by molar-refractivity contribution is -0.137. The van der Waals surface area contributed by atoms with Crippen LogP contribution in [0.1, 0.15) is 46.6 Å². The molecule has 288 valence electrons. The monoisotopic (exact) mass is 776 g/mol. The number of nitrogens with one attached hydrogen (secondary N) is 2. The van der Waals surface area contributed by atoms with Gasteiger partial charge in [-0.25, -0.2) is 22.8 Å². The summed E-state index contributed by atoms with van der Waals surface area (Å²) in [5.41, 5.74) is 4.50. The van der Waals surface area contributed by atoms with Crippen LogP contribution < -0.4 is 15.4 Å². The summed E-state index contributed by atoms with van der Waals surface area (Å²) < 4.78 is 81.5. The summed E-state index contributed by atoms with van der Waals surface area (Å²) in [4.78, 5) is 40.9. The van der Waals surface area contributed by atoms with Gasteiger partial charge in [-0.3, -0.25) is 4.79 Å². The van der Waals surface area contributed by atoms with Crippen molar-refractivity contribution in [2.45, 2.75) is 30.3 Å². The summed E-state index contributed by atoms with van der Waals surface area (Å²) in [6, 6.07) is 40.6. The van der Waals surface area contributed by atoms with Gasteiger partial charge in [0.2, 0.25) is 40.7 Å². The molecule has 0 aromatic heterocycles. The molecule has 6 aromatic carbocycles. The molecule has 0 heterocycles. The van der Waals surface area contributed by atoms with E-state index in [-0.39, 0.29) is 12.5 Å². The molecule has 57 heavy (non-hydrogen) atoms. The Morgan fingerprint density at radius 1 is 0.579 bits per heavy atom. The van der Waals surface area contributed by atoms with Gasteiger partial charge < -0.3 is 20.1 Å². The van der Waals surface area contributed by atoms with Gasteiger partial charge in [-0.15, -0.1) is 0 Å². The third-order valence-electron chi connectivity index (χ3n) is 9.90. The molecule has 12 heteroatoms. The Balaban J connectivity index is 1.15. The minimum absolute atomic E-state index is 0.187. The van der Waals surface area contributed by atoms with Crippen LogP contribution in [0.25, 0.3) is 11.1 Å². The van der Waals surface area contributed by atoms with Crippen molar-refractivity contribution in [2.24, 2.45) is 0 Å². The van der Waals surface area contributed by atoms with Crippen molar-refractivity contribution < 1.29 is 45.8 Å². The van der Waals surface area contributed by atoms with Crippen LogP contribution in [0.4, 0.5) is 26.7 Å². The van der Waals surface area contributed by atoms with Crippen LogP contribution in [-0.2, 0) is 19.9 Å². The van der Waals surface area contributed by atoms with E-state index in [1.165, 1.54) is 0 Å². The van der Waals surface area contributed by atoms with Crippen molar-refractivity contribution in [2.75, 3.05) is 6.61 Å². The molecule has 0 spiro atoms. The van der Waals surface area contributed by atoms with Gasteiger partial charge in [-0.05, 0) is 45.4 Å². The second-order valence-electron chi connectivity index (χ2n) is 13.3. The molecule has 0 saturated heterocycles. The van der Waals surface area contributed by atoms with Crippen LogP contribution in [0, 0.1) is 29.1 Å². The molecule has 0 aliphatic heterocycles. The fourth-order valence-electron chi connectivity index (χ4n) is 7.21. The molecule has 0 fully saturated rings. The number of carbonyl (C=O) groups is 3. The summed E-state index contributed by atoms with van der Waals surface area (Å²) >= 11 is 0. The van der Waals surface area contributed by atoms with Crippen LogP contribution in [-0.4, -0.2) is 30.6 Å². The maximum Gasteiger partial charge on any atom is 0.407 e. The standard InChI is InChI=1S/C45H33F5N2O5/c46-37-38(47)40(49)42(41(50)39(37)48)57-43(54)35(51-44(55)56-26-34-32-22-12-10-20-30(32)31-21-11-13-23-33(31)34)24-25-36(53)52-45(27-14-4-1-5-15-27,28-16-6-2-7-17-28)29-18-8-3-9-19-29/h1-23,34-35H,24-26H2,(H,51,55)(H,52,53). The number of hydrogen-bond donors (Lipinski definition) is 2. The number of amides is 2. The minimum atomic E-state index is -2.45. The molecular formula is C45H33F5N2O5. The van der Waals surface area contributed by atoms with Gasteiger partial charge in [0.1, 0.15) is 18.2 Å². The number of benzene rings is 6. The van der Waals surface area contributed by atoms with E-state index >= 15 is 0 Å². The number of ether oxygens (including phenoxy) is 2. The van der Waals surface area contributed by atoms with Gasteiger partial charge in [0.05, 0.1) is 0 Å². The fraction of sp³-hybridized carbons (Fsp3) is 0.133. The number of halogens is 5. The first-order chi connectivity index (χ1) is 27.6. The van der Waals surface area contributed by atoms with Crippen molar-refractivity contribution in [3.63, 3.8) is 0 Å². The number of hydrogen-bond acceptors (Lipinski definition) is 5. The zero-order valence-corrected chi connectivity index (χ0v) is 30.0. The van der Waals surface area contributed by atoms with Crippen LogP contribution in [0.5, 0.6) is 5.75 Å². The van der Waals surface area contributed by atoms with Gasteiger partial charge in [0, 0.05) is 12.3 Å². The predicted octanol–water partition coefficient (Wildman–Crippen LogP) is 9.08. The number of alkyl carbamates (subject to hydrolysis) is 1. The first kappa shape index (κ1) is 38.5. The summed E-state index contributed by atoms with van der Waals surface area (Å²) in [6.07, 6.45) is -2.20. The molecule has 2 amide bonds. The van der Waals surface area contributed by atoms with Gasteiger partial charge in [0.25, 0.3) is 0 Å². The Labute approximate surface area is 324 Å². The number of esters is 1. The highest BCUT2D eigenvalue weighted by Gasteiger charge is 2.39. The first-order valence-electron chi connectivity index (χ1n) is 17.9. The first-order valence-corrected chi connectivity index (χ1v) is 17.9. The summed E-state index contributed by atoms with van der Waals surface area (Å²) in [5, 5.41) is 5.38. The highest BCUT2D eigenvalue weighted by molar-refractivity contribution is 5.85. The average Bonchev–Trinajstić information content (AvgIpc) is 3.57. The second-order valence-corrected chi connectivity index (χ2v) is 13.3. The third kappa shape index (κ3) is 7.58. The van der Waals surface area contributed by atoms with E-state index in [0.717, 1.165) is 22.3 Å². The quantitative estimate of drug-likeness (QED) is 0.0323. The number of rotatable bonds is 12. The SMILES string of the molecule is O=C(CCC(NC(=O)OCC1c2ccccc2-c2ccccc21)C(=O)Oc1c(F)c(F)c(F)c(F)c1F)NC(c1ccccc1)(c1ccccc1)c1ccccc1. The molecule has 1 aliphatic rings. The zero-order valence-electron chi connectivity index (χ0n) is 30.0. The molecule has 7 nitrogen and oxygen atoms in total. The Morgan fingerprint density at radius 3 is 1.47 bits per heavy atom. The lowest BCUT2D eigenvalue weighted by atomic mass is 9.77. The van der Waals surface area contributed by atoms with Crippen molar-refractivity contribution in [3.05, 3.63) is 196 Å². The maximum absolute atomic E-state index is 14.6. The average molecular weight is 777 g/mol. The Morgan fingerprint density at radius 2 is 1.00 bits per heavy atom. The lowest BCUT2D eigenvalue weighted by Gasteiger charge is -2.37. The van der Waals surface area contributed by atoms with Crippen LogP contribution in [0.3, 0.4) is 0 Å². The topological polar surface area (TPSA) is 93.7 Å². The number of fused-ring (bicyclic) bond motifs is 3. The van der Waals surface area contributed by atoms with Crippen molar-refractivity contribution in [1.82, 2.24) is 10.6 Å². The highest BCUT2D eigenvalue weighted by Crippen LogP contribution is 2.44. The van der Waals surface area contributed by atoms with Crippen LogP contribution in [0.15, 0.2) is 140 Å². The predicted molar refractivity (Wildman–Crippen MR) is 200 cm³/mol. The van der Waals surface area contributed by atoms with E-state index < -0.39 is 77.2 Å². The smallest absolute Gasteiger partial charge is 0.407 e. The van der Waals surface area contributed by atoms with E-state index in [2.05, 4.69) is 10.6 Å². The van der Waals surface area contributed by atoms with Crippen molar-refractivity contribution >= 4 is 18.0 Å². The van der Waals surface area contributed by atoms with Crippen molar-refractivity contribution in [1.29, 1.82) is 0 Å². The summed E-state index contributed by atoms with van der Waals surface area (Å²) in [6.45, 7) is -0.187. The van der Waals surface area contributed by atoms with Gasteiger partial charge in [-0.1, -0.05) is 140 Å².